The highest BCUT2D eigenvalue weighted by Gasteiger charge is 2.38. The summed E-state index contributed by atoms with van der Waals surface area (Å²) in [4.78, 5) is 28.6. The van der Waals surface area contributed by atoms with Gasteiger partial charge in [0.1, 0.15) is 5.82 Å². The lowest BCUT2D eigenvalue weighted by molar-refractivity contribution is -0.116. The molecule has 1 aliphatic heterocycles. The Morgan fingerprint density at radius 2 is 2.16 bits per heavy atom. The van der Waals surface area contributed by atoms with Crippen molar-refractivity contribution < 1.29 is 22.8 Å². The van der Waals surface area contributed by atoms with Gasteiger partial charge in [-0.25, -0.2) is 13.2 Å². The molecule has 2 heterocycles. The number of nitrogens with one attached hydrogen (secondary N) is 2. The molecular weight excluding hydrogens is 409 g/mol. The average Bonchev–Trinajstić information content (AvgIpc) is 3.05. The number of nitrogens with two attached hydrogens (primary N) is 1. The van der Waals surface area contributed by atoms with Crippen molar-refractivity contribution in [3.63, 3.8) is 0 Å². The first-order valence-electron chi connectivity index (χ1n) is 10.2. The van der Waals surface area contributed by atoms with Crippen molar-refractivity contribution in [1.29, 1.82) is 0 Å². The van der Waals surface area contributed by atoms with Gasteiger partial charge in [0, 0.05) is 43.1 Å². The summed E-state index contributed by atoms with van der Waals surface area (Å²) < 4.78 is 43.8. The number of carbonyl (C=O) groups excluding carboxylic acids is 2. The van der Waals surface area contributed by atoms with Gasteiger partial charge in [-0.2, -0.15) is 0 Å². The highest BCUT2D eigenvalue weighted by Crippen LogP contribution is 2.43. The van der Waals surface area contributed by atoms with Crippen LogP contribution in [0, 0.1) is 17.7 Å². The van der Waals surface area contributed by atoms with Crippen molar-refractivity contribution in [3.05, 3.63) is 28.7 Å². The van der Waals surface area contributed by atoms with Gasteiger partial charge in [-0.05, 0) is 43.7 Å². The quantitative estimate of drug-likeness (QED) is 0.652. The third kappa shape index (κ3) is 3.94. The number of aromatic amines is 1. The van der Waals surface area contributed by atoms with Gasteiger partial charge in [0.15, 0.2) is 0 Å². The van der Waals surface area contributed by atoms with Crippen LogP contribution in [0.2, 0.25) is 0 Å². The minimum Gasteiger partial charge on any atom is -0.367 e. The van der Waals surface area contributed by atoms with Crippen LogP contribution in [0.5, 0.6) is 0 Å². The van der Waals surface area contributed by atoms with Crippen molar-refractivity contribution in [1.82, 2.24) is 10.3 Å². The van der Waals surface area contributed by atoms with E-state index < -0.39 is 30.0 Å². The normalized spacial score (nSPS) is 20.0. The molecule has 1 saturated heterocycles. The summed E-state index contributed by atoms with van der Waals surface area (Å²) >= 11 is 0. The highest BCUT2D eigenvalue weighted by atomic mass is 19.3. The lowest BCUT2D eigenvalue weighted by Gasteiger charge is -2.35. The van der Waals surface area contributed by atoms with E-state index in [2.05, 4.69) is 22.1 Å². The molecule has 6 nitrogen and oxygen atoms in total. The van der Waals surface area contributed by atoms with Crippen molar-refractivity contribution in [3.8, 4) is 11.8 Å². The minimum atomic E-state index is -2.91. The SMILES string of the molecule is CC#CC(=O)N[C@H]1CCCN(c2c(F)cc(C(N)=O)c3[nH]c4c(c23)CC(F)(F)CC4)C1. The second-order valence-corrected chi connectivity index (χ2v) is 8.12. The summed E-state index contributed by atoms with van der Waals surface area (Å²) in [5.74, 6) is 0.107. The Labute approximate surface area is 177 Å². The van der Waals surface area contributed by atoms with E-state index in [1.54, 1.807) is 11.8 Å². The van der Waals surface area contributed by atoms with Crippen LogP contribution in [-0.4, -0.2) is 41.9 Å². The van der Waals surface area contributed by atoms with Crippen LogP contribution >= 0.6 is 0 Å². The van der Waals surface area contributed by atoms with E-state index in [4.69, 9.17) is 5.73 Å². The highest BCUT2D eigenvalue weighted by molar-refractivity contribution is 6.10. The molecule has 4 rings (SSSR count). The number of anilines is 1. The standard InChI is InChI=1S/C22H23F3N4O2/c1-2-4-17(30)27-12-5-3-8-29(11-12)20-15(23)9-13(21(26)31)19-18(20)14-10-22(24,25)7-6-16(14)28-19/h9,12,28H,3,5-8,10-11H2,1H3,(H2,26,31)(H,27,30)/t12-/m0/s1. The largest absolute Gasteiger partial charge is 0.367 e. The Kier molecular flexibility index (Phi) is 5.33. The number of aromatic nitrogens is 1. The van der Waals surface area contributed by atoms with E-state index in [1.807, 2.05) is 0 Å². The van der Waals surface area contributed by atoms with E-state index in [1.165, 1.54) is 0 Å². The van der Waals surface area contributed by atoms with Crippen molar-refractivity contribution >= 4 is 28.4 Å². The molecule has 2 aromatic rings. The van der Waals surface area contributed by atoms with Crippen molar-refractivity contribution in [2.45, 2.75) is 51.0 Å². The molecule has 0 bridgehead atoms. The molecule has 0 saturated carbocycles. The number of carbonyl (C=O) groups is 2. The zero-order chi connectivity index (χ0) is 22.3. The molecule has 4 N–H and O–H groups in total. The Morgan fingerprint density at radius 1 is 1.39 bits per heavy atom. The van der Waals surface area contributed by atoms with Crippen LogP contribution < -0.4 is 16.0 Å². The molecule has 1 fully saturated rings. The fourth-order valence-electron chi connectivity index (χ4n) is 4.64. The summed E-state index contributed by atoms with van der Waals surface area (Å²) in [5.41, 5.74) is 6.74. The van der Waals surface area contributed by atoms with Crippen molar-refractivity contribution in [2.75, 3.05) is 18.0 Å². The summed E-state index contributed by atoms with van der Waals surface area (Å²) in [5, 5.41) is 3.09. The monoisotopic (exact) mass is 432 g/mol. The van der Waals surface area contributed by atoms with Crippen molar-refractivity contribution in [2.24, 2.45) is 5.73 Å². The Bertz CT molecular complexity index is 1130. The number of benzene rings is 1. The Hall–Kier alpha value is -3.15. The fourth-order valence-corrected chi connectivity index (χ4v) is 4.64. The topological polar surface area (TPSA) is 91.2 Å². The van der Waals surface area contributed by atoms with Crippen LogP contribution in [-0.2, 0) is 17.6 Å². The van der Waals surface area contributed by atoms with E-state index >= 15 is 4.39 Å². The zero-order valence-corrected chi connectivity index (χ0v) is 17.1. The van der Waals surface area contributed by atoms with E-state index in [0.29, 0.717) is 37.2 Å². The Balaban J connectivity index is 1.82. The van der Waals surface area contributed by atoms with Crippen LogP contribution in [0.3, 0.4) is 0 Å². The molecule has 0 spiro atoms. The average molecular weight is 432 g/mol. The minimum absolute atomic E-state index is 0.0611. The predicted molar refractivity (Wildman–Crippen MR) is 111 cm³/mol. The second kappa shape index (κ2) is 7.84. The molecule has 0 unspecified atom stereocenters. The fraction of sp³-hybridized carbons (Fsp3) is 0.455. The number of amides is 2. The first-order valence-corrected chi connectivity index (χ1v) is 10.2. The molecule has 0 radical (unpaired) electrons. The van der Waals surface area contributed by atoms with Gasteiger partial charge >= 0.3 is 0 Å². The summed E-state index contributed by atoms with van der Waals surface area (Å²) in [6, 6.07) is 0.800. The summed E-state index contributed by atoms with van der Waals surface area (Å²) in [6.45, 7) is 2.35. The molecule has 9 heteroatoms. The number of fused-ring (bicyclic) bond motifs is 3. The number of H-pyrrole nitrogens is 1. The number of hydrogen-bond acceptors (Lipinski definition) is 3. The first-order chi connectivity index (χ1) is 14.7. The first kappa shape index (κ1) is 21.1. The van der Waals surface area contributed by atoms with Gasteiger partial charge in [0.25, 0.3) is 17.7 Å². The van der Waals surface area contributed by atoms with Gasteiger partial charge in [0.05, 0.1) is 16.8 Å². The summed E-state index contributed by atoms with van der Waals surface area (Å²) in [6.07, 6.45) is 0.626. The molecule has 2 amide bonds. The third-order valence-electron chi connectivity index (χ3n) is 5.95. The number of primary amides is 1. The smallest absolute Gasteiger partial charge is 0.296 e. The molecule has 164 valence electrons. The van der Waals surface area contributed by atoms with Crippen LogP contribution in [0.25, 0.3) is 10.9 Å². The number of alkyl halides is 2. The molecule has 1 aromatic heterocycles. The van der Waals surface area contributed by atoms with Gasteiger partial charge in [-0.3, -0.25) is 9.59 Å². The van der Waals surface area contributed by atoms with Gasteiger partial charge in [-0.15, -0.1) is 0 Å². The molecule has 1 aromatic carbocycles. The van der Waals surface area contributed by atoms with Gasteiger partial charge in [0.2, 0.25) is 0 Å². The number of piperidine rings is 1. The summed E-state index contributed by atoms with van der Waals surface area (Å²) in [7, 11) is 0. The van der Waals surface area contributed by atoms with E-state index in [0.717, 1.165) is 6.07 Å². The zero-order valence-electron chi connectivity index (χ0n) is 17.1. The number of nitrogens with zero attached hydrogens (tertiary/aromatic N) is 1. The van der Waals surface area contributed by atoms with Crippen LogP contribution in [0.4, 0.5) is 18.9 Å². The van der Waals surface area contributed by atoms with Crippen LogP contribution in [0.15, 0.2) is 6.07 Å². The second-order valence-electron chi connectivity index (χ2n) is 8.12. The van der Waals surface area contributed by atoms with Gasteiger partial charge < -0.3 is 20.9 Å². The molecule has 2 aliphatic rings. The number of aryl methyl sites for hydroxylation is 1. The maximum atomic E-state index is 15.3. The number of rotatable bonds is 3. The van der Waals surface area contributed by atoms with E-state index in [-0.39, 0.29) is 41.0 Å². The number of hydrogen-bond donors (Lipinski definition) is 3. The Morgan fingerprint density at radius 3 is 2.87 bits per heavy atom. The maximum absolute atomic E-state index is 15.3. The molecule has 1 atom stereocenters. The lowest BCUT2D eigenvalue weighted by Crippen LogP contribution is -2.48. The maximum Gasteiger partial charge on any atom is 0.296 e. The van der Waals surface area contributed by atoms with Gasteiger partial charge in [-0.1, -0.05) is 5.92 Å². The number of halogens is 3. The lowest BCUT2D eigenvalue weighted by atomic mass is 9.91. The third-order valence-corrected chi connectivity index (χ3v) is 5.95. The molecular formula is C22H23F3N4O2. The van der Waals surface area contributed by atoms with E-state index in [9.17, 15) is 18.4 Å². The molecule has 1 aliphatic carbocycles. The molecule has 31 heavy (non-hydrogen) atoms. The van der Waals surface area contributed by atoms with Crippen LogP contribution in [0.1, 0.15) is 47.8 Å². The predicted octanol–water partition coefficient (Wildman–Crippen LogP) is 2.64.